The molecular weight excluding hydrogens is 458 g/mol. The predicted octanol–water partition coefficient (Wildman–Crippen LogP) is 2.89. The van der Waals surface area contributed by atoms with E-state index in [1.165, 1.54) is 0 Å². The molecule has 2 amide bonds. The van der Waals surface area contributed by atoms with Crippen LogP contribution in [0.3, 0.4) is 0 Å². The largest absolute Gasteiger partial charge is 0.490 e. The van der Waals surface area contributed by atoms with Crippen molar-refractivity contribution < 1.29 is 19.1 Å². The molecule has 2 aromatic rings. The van der Waals surface area contributed by atoms with Crippen LogP contribution in [0.5, 0.6) is 5.75 Å². The van der Waals surface area contributed by atoms with Crippen molar-refractivity contribution in [3.63, 3.8) is 0 Å². The summed E-state index contributed by atoms with van der Waals surface area (Å²) in [7, 11) is 3.17. The average molecular weight is 480 g/mol. The van der Waals surface area contributed by atoms with Crippen LogP contribution in [0.2, 0.25) is 0 Å². The monoisotopic (exact) mass is 479 g/mol. The zero-order valence-electron chi connectivity index (χ0n) is 16.1. The van der Waals surface area contributed by atoms with E-state index in [4.69, 9.17) is 21.7 Å². The van der Waals surface area contributed by atoms with Gasteiger partial charge in [-0.15, -0.1) is 0 Å². The first-order valence-electron chi connectivity index (χ1n) is 8.76. The number of anilines is 1. The zero-order chi connectivity index (χ0) is 21.2. The lowest BCUT2D eigenvalue weighted by molar-refractivity contribution is -0.119. The van der Waals surface area contributed by atoms with Crippen molar-refractivity contribution in [1.82, 2.24) is 10.6 Å². The third-order valence-corrected chi connectivity index (χ3v) is 4.51. The Balaban J connectivity index is 1.99. The maximum absolute atomic E-state index is 12.6. The summed E-state index contributed by atoms with van der Waals surface area (Å²) in [5, 5.41) is 8.32. The number of amides is 2. The Bertz CT molecular complexity index is 875. The third-order valence-electron chi connectivity index (χ3n) is 3.81. The number of carbonyl (C=O) groups is 2. The van der Waals surface area contributed by atoms with Crippen LogP contribution in [0.15, 0.2) is 46.9 Å². The van der Waals surface area contributed by atoms with Crippen molar-refractivity contribution in [2.24, 2.45) is 0 Å². The second kappa shape index (κ2) is 11.5. The molecule has 0 fully saturated rings. The van der Waals surface area contributed by atoms with E-state index >= 15 is 0 Å². The molecule has 0 bridgehead atoms. The Kier molecular flexibility index (Phi) is 9.04. The zero-order valence-corrected chi connectivity index (χ0v) is 18.5. The van der Waals surface area contributed by atoms with Crippen molar-refractivity contribution in [3.8, 4) is 5.75 Å². The van der Waals surface area contributed by atoms with Gasteiger partial charge in [-0.25, -0.2) is 0 Å². The number of hydrogen-bond donors (Lipinski definition) is 3. The van der Waals surface area contributed by atoms with E-state index in [0.717, 1.165) is 10.0 Å². The van der Waals surface area contributed by atoms with Crippen molar-refractivity contribution in [1.29, 1.82) is 0 Å². The first-order valence-corrected chi connectivity index (χ1v) is 9.96. The fourth-order valence-corrected chi connectivity index (χ4v) is 2.92. The molecular formula is C20H22BrN3O4S. The molecule has 0 saturated heterocycles. The summed E-state index contributed by atoms with van der Waals surface area (Å²) < 4.78 is 11.3. The summed E-state index contributed by atoms with van der Waals surface area (Å²) in [6.07, 6.45) is 0.298. The fourth-order valence-electron chi connectivity index (χ4n) is 2.35. The van der Waals surface area contributed by atoms with Gasteiger partial charge in [-0.1, -0.05) is 28.1 Å². The summed E-state index contributed by atoms with van der Waals surface area (Å²) in [6, 6.07) is 12.4. The van der Waals surface area contributed by atoms with Crippen LogP contribution in [-0.4, -0.2) is 44.3 Å². The van der Waals surface area contributed by atoms with Gasteiger partial charge in [-0.3, -0.25) is 14.9 Å². The molecule has 29 heavy (non-hydrogen) atoms. The molecule has 2 rings (SSSR count). The van der Waals surface area contributed by atoms with Crippen LogP contribution < -0.4 is 20.7 Å². The molecule has 0 aliphatic carbocycles. The highest BCUT2D eigenvalue weighted by Gasteiger charge is 2.15. The van der Waals surface area contributed by atoms with E-state index < -0.39 is 5.91 Å². The molecule has 0 radical (unpaired) electrons. The van der Waals surface area contributed by atoms with E-state index in [9.17, 15) is 9.59 Å². The molecule has 0 aliphatic rings. The van der Waals surface area contributed by atoms with Crippen LogP contribution >= 0.6 is 28.1 Å². The van der Waals surface area contributed by atoms with Crippen LogP contribution in [0, 0.1) is 0 Å². The van der Waals surface area contributed by atoms with Crippen LogP contribution in [-0.2, 0) is 16.0 Å². The van der Waals surface area contributed by atoms with E-state index in [1.807, 2.05) is 12.1 Å². The standard InChI is InChI=1S/C20H22BrN3O4S/c1-22-18(25)11-13-3-6-15(7-4-13)23-20(29)24-19(26)16-12-14(21)5-8-17(16)28-10-9-27-2/h3-8,12H,9-11H2,1-2H3,(H,22,25)(H2,23,24,26,29). The smallest absolute Gasteiger partial charge is 0.261 e. The molecule has 0 aromatic heterocycles. The summed E-state index contributed by atoms with van der Waals surface area (Å²) in [4.78, 5) is 24.1. The molecule has 0 aliphatic heterocycles. The molecule has 0 atom stereocenters. The van der Waals surface area contributed by atoms with E-state index in [-0.39, 0.29) is 11.0 Å². The highest BCUT2D eigenvalue weighted by Crippen LogP contribution is 2.23. The third kappa shape index (κ3) is 7.45. The number of halogens is 1. The van der Waals surface area contributed by atoms with Gasteiger partial charge in [0, 0.05) is 24.3 Å². The topological polar surface area (TPSA) is 88.7 Å². The van der Waals surface area contributed by atoms with Crippen LogP contribution in [0.4, 0.5) is 5.69 Å². The van der Waals surface area contributed by atoms with Crippen molar-refractivity contribution in [2.45, 2.75) is 6.42 Å². The van der Waals surface area contributed by atoms with Gasteiger partial charge in [0.15, 0.2) is 5.11 Å². The number of methoxy groups -OCH3 is 1. The Hall–Kier alpha value is -2.49. The van der Waals surface area contributed by atoms with Gasteiger partial charge in [0.25, 0.3) is 5.91 Å². The minimum atomic E-state index is -0.396. The number of ether oxygens (including phenoxy) is 2. The number of benzene rings is 2. The summed E-state index contributed by atoms with van der Waals surface area (Å²) in [5.74, 6) is -0.0254. The number of thiocarbonyl (C=S) groups is 1. The Labute approximate surface area is 183 Å². The molecule has 3 N–H and O–H groups in total. The van der Waals surface area contributed by atoms with Gasteiger partial charge in [-0.05, 0) is 48.1 Å². The lowest BCUT2D eigenvalue weighted by Gasteiger charge is -2.13. The Morgan fingerprint density at radius 1 is 1.10 bits per heavy atom. The molecule has 9 heteroatoms. The van der Waals surface area contributed by atoms with Crippen LogP contribution in [0.25, 0.3) is 0 Å². The van der Waals surface area contributed by atoms with Gasteiger partial charge in [-0.2, -0.15) is 0 Å². The lowest BCUT2D eigenvalue weighted by atomic mass is 10.1. The number of carbonyl (C=O) groups excluding carboxylic acids is 2. The molecule has 7 nitrogen and oxygen atoms in total. The summed E-state index contributed by atoms with van der Waals surface area (Å²) in [6.45, 7) is 0.733. The highest BCUT2D eigenvalue weighted by molar-refractivity contribution is 9.10. The minimum absolute atomic E-state index is 0.0639. The normalized spacial score (nSPS) is 10.2. The minimum Gasteiger partial charge on any atom is -0.490 e. The summed E-state index contributed by atoms with van der Waals surface area (Å²) in [5.41, 5.74) is 1.92. The maximum atomic E-state index is 12.6. The number of nitrogens with one attached hydrogen (secondary N) is 3. The van der Waals surface area contributed by atoms with Gasteiger partial charge in [0.2, 0.25) is 5.91 Å². The maximum Gasteiger partial charge on any atom is 0.261 e. The van der Waals surface area contributed by atoms with Crippen molar-refractivity contribution in [2.75, 3.05) is 32.7 Å². The van der Waals surface area contributed by atoms with Crippen molar-refractivity contribution in [3.05, 3.63) is 58.1 Å². The second-order valence-electron chi connectivity index (χ2n) is 5.94. The summed E-state index contributed by atoms with van der Waals surface area (Å²) >= 11 is 8.59. The highest BCUT2D eigenvalue weighted by atomic mass is 79.9. The quantitative estimate of drug-likeness (QED) is 0.398. The predicted molar refractivity (Wildman–Crippen MR) is 119 cm³/mol. The number of likely N-dealkylation sites (N-methyl/N-ethyl adjacent to an activating group) is 1. The van der Waals surface area contributed by atoms with Gasteiger partial charge < -0.3 is 20.1 Å². The van der Waals surface area contributed by atoms with E-state index in [0.29, 0.717) is 36.6 Å². The molecule has 2 aromatic carbocycles. The molecule has 0 unspecified atom stereocenters. The lowest BCUT2D eigenvalue weighted by Crippen LogP contribution is -2.34. The average Bonchev–Trinajstić information content (AvgIpc) is 2.70. The van der Waals surface area contributed by atoms with E-state index in [2.05, 4.69) is 31.9 Å². The fraction of sp³-hybridized carbons (Fsp3) is 0.250. The van der Waals surface area contributed by atoms with E-state index in [1.54, 1.807) is 44.5 Å². The molecule has 0 spiro atoms. The Morgan fingerprint density at radius 3 is 2.48 bits per heavy atom. The van der Waals surface area contributed by atoms with Crippen molar-refractivity contribution >= 4 is 50.8 Å². The first-order chi connectivity index (χ1) is 13.9. The van der Waals surface area contributed by atoms with Gasteiger partial charge in [0.1, 0.15) is 12.4 Å². The second-order valence-corrected chi connectivity index (χ2v) is 7.26. The molecule has 0 heterocycles. The SMILES string of the molecule is CNC(=O)Cc1ccc(NC(=S)NC(=O)c2cc(Br)ccc2OCCOC)cc1. The number of hydrogen-bond acceptors (Lipinski definition) is 5. The van der Waals surface area contributed by atoms with Crippen LogP contribution in [0.1, 0.15) is 15.9 Å². The van der Waals surface area contributed by atoms with Gasteiger partial charge in [0.05, 0.1) is 18.6 Å². The first kappa shape index (κ1) is 22.8. The molecule has 154 valence electrons. The number of rotatable bonds is 8. The Morgan fingerprint density at radius 2 is 1.83 bits per heavy atom. The van der Waals surface area contributed by atoms with Gasteiger partial charge >= 0.3 is 0 Å². The molecule has 0 saturated carbocycles.